The Morgan fingerprint density at radius 1 is 1.24 bits per heavy atom. The molecule has 5 nitrogen and oxygen atoms in total. The van der Waals surface area contributed by atoms with Gasteiger partial charge in [0.1, 0.15) is 12.8 Å². The van der Waals surface area contributed by atoms with Gasteiger partial charge in [-0.1, -0.05) is 19.9 Å². The molecule has 0 spiro atoms. The van der Waals surface area contributed by atoms with E-state index in [2.05, 4.69) is 0 Å². The van der Waals surface area contributed by atoms with Crippen LogP contribution in [0.2, 0.25) is 0 Å². The average molecular weight is 481 g/mol. The van der Waals surface area contributed by atoms with Crippen LogP contribution in [0.4, 0.5) is 4.39 Å². The molecule has 0 bridgehead atoms. The Kier molecular flexibility index (Phi) is 5.77. The lowest BCUT2D eigenvalue weighted by Gasteiger charge is -2.63. The van der Waals surface area contributed by atoms with Gasteiger partial charge in [0.05, 0.1) is 16.4 Å². The summed E-state index contributed by atoms with van der Waals surface area (Å²) in [5, 5.41) is 11.5. The minimum Gasteiger partial charge on any atom is -0.457 e. The van der Waals surface area contributed by atoms with Gasteiger partial charge in [0.15, 0.2) is 11.6 Å². The Balaban J connectivity index is 1.63. The molecule has 0 aromatic heterocycles. The van der Waals surface area contributed by atoms with E-state index < -0.39 is 45.3 Å². The first-order valence-electron chi connectivity index (χ1n) is 11.8. The van der Waals surface area contributed by atoms with E-state index in [4.69, 9.17) is 16.3 Å². The predicted octanol–water partition coefficient (Wildman–Crippen LogP) is 4.35. The number of Topliss-reactive ketones (excluding diaryl/α,β-unsaturated/α-hetero) is 1. The summed E-state index contributed by atoms with van der Waals surface area (Å²) in [5.74, 6) is -1.68. The number of alkyl halides is 2. The van der Waals surface area contributed by atoms with E-state index >= 15 is 4.39 Å². The van der Waals surface area contributed by atoms with Crippen molar-refractivity contribution >= 4 is 29.1 Å². The molecule has 3 saturated carbocycles. The number of fused-ring (bicyclic) bond motifs is 5. The minimum absolute atomic E-state index is 0.0617. The summed E-state index contributed by atoms with van der Waals surface area (Å²) >= 11 is 7.29. The SMILES string of the molecule is CC(C)(C)C(=O)OCC(=O)C1CCC2C3C[C@H](F)C4=CC(=O)C=C[C@]4(C)[C@@]3(Cl)[C@@H](O)C[C@]12C. The lowest BCUT2D eigenvalue weighted by molar-refractivity contribution is -0.159. The average Bonchev–Trinajstić information content (AvgIpc) is 3.05. The summed E-state index contributed by atoms with van der Waals surface area (Å²) in [7, 11) is 0. The van der Waals surface area contributed by atoms with Gasteiger partial charge in [0.2, 0.25) is 0 Å². The summed E-state index contributed by atoms with van der Waals surface area (Å²) in [6.45, 7) is 8.70. The zero-order valence-electron chi connectivity index (χ0n) is 20.0. The number of carbonyl (C=O) groups is 3. The number of hydrogen-bond donors (Lipinski definition) is 1. The molecule has 0 saturated heterocycles. The molecule has 182 valence electrons. The van der Waals surface area contributed by atoms with Gasteiger partial charge in [-0.2, -0.15) is 0 Å². The number of hydrogen-bond acceptors (Lipinski definition) is 5. The third-order valence-corrected chi connectivity index (χ3v) is 9.90. The fourth-order valence-electron chi connectivity index (χ4n) is 7.18. The summed E-state index contributed by atoms with van der Waals surface area (Å²) < 4.78 is 20.7. The molecule has 0 aromatic carbocycles. The highest BCUT2D eigenvalue weighted by Crippen LogP contribution is 2.70. The van der Waals surface area contributed by atoms with E-state index in [1.165, 1.54) is 12.2 Å². The van der Waals surface area contributed by atoms with Crippen molar-refractivity contribution in [3.05, 3.63) is 23.8 Å². The number of allylic oxidation sites excluding steroid dienone is 4. The van der Waals surface area contributed by atoms with Crippen LogP contribution in [0.15, 0.2) is 23.8 Å². The third-order valence-electron chi connectivity index (χ3n) is 8.97. The van der Waals surface area contributed by atoms with Gasteiger partial charge in [-0.25, -0.2) is 4.39 Å². The molecule has 0 aliphatic heterocycles. The molecule has 0 aromatic rings. The van der Waals surface area contributed by atoms with Crippen LogP contribution >= 0.6 is 11.6 Å². The molecular weight excluding hydrogens is 447 g/mol. The van der Waals surface area contributed by atoms with Gasteiger partial charge in [-0.15, -0.1) is 11.6 Å². The normalized spacial score (nSPS) is 44.4. The van der Waals surface area contributed by atoms with Crippen molar-refractivity contribution in [1.82, 2.24) is 0 Å². The molecule has 0 heterocycles. The smallest absolute Gasteiger partial charge is 0.311 e. The van der Waals surface area contributed by atoms with Gasteiger partial charge in [0, 0.05) is 11.3 Å². The second-order valence-corrected chi connectivity index (χ2v) is 12.5. The third kappa shape index (κ3) is 3.46. The number of esters is 1. The quantitative estimate of drug-likeness (QED) is 0.479. The Morgan fingerprint density at radius 3 is 2.55 bits per heavy atom. The number of ether oxygens (including phenoxy) is 1. The largest absolute Gasteiger partial charge is 0.457 e. The summed E-state index contributed by atoms with van der Waals surface area (Å²) in [4.78, 5) is 36.1. The lowest BCUT2D eigenvalue weighted by Crippen LogP contribution is -2.67. The van der Waals surface area contributed by atoms with E-state index in [0.717, 1.165) is 0 Å². The van der Waals surface area contributed by atoms with Crippen molar-refractivity contribution in [2.75, 3.05) is 6.61 Å². The molecule has 33 heavy (non-hydrogen) atoms. The molecule has 4 rings (SSSR count). The summed E-state index contributed by atoms with van der Waals surface area (Å²) in [6.07, 6.45) is 3.76. The zero-order valence-corrected chi connectivity index (χ0v) is 20.7. The van der Waals surface area contributed by atoms with Crippen LogP contribution in [0.25, 0.3) is 0 Å². The van der Waals surface area contributed by atoms with Crippen molar-refractivity contribution in [3.8, 4) is 0 Å². The molecule has 3 fully saturated rings. The first-order chi connectivity index (χ1) is 15.2. The van der Waals surface area contributed by atoms with Gasteiger partial charge < -0.3 is 9.84 Å². The summed E-state index contributed by atoms with van der Waals surface area (Å²) in [5.41, 5.74) is -1.92. The first-order valence-corrected chi connectivity index (χ1v) is 12.2. The van der Waals surface area contributed by atoms with Crippen LogP contribution in [0, 0.1) is 34.0 Å². The van der Waals surface area contributed by atoms with Crippen LogP contribution in [0.5, 0.6) is 0 Å². The fraction of sp³-hybridized carbons (Fsp3) is 0.731. The zero-order chi connectivity index (χ0) is 24.6. The Hall–Kier alpha value is -1.53. The Labute approximate surface area is 199 Å². The maximum Gasteiger partial charge on any atom is 0.311 e. The second-order valence-electron chi connectivity index (χ2n) is 11.9. The highest BCUT2D eigenvalue weighted by Gasteiger charge is 2.70. The molecule has 1 N–H and O–H groups in total. The van der Waals surface area contributed by atoms with Gasteiger partial charge in [-0.3, -0.25) is 14.4 Å². The Morgan fingerprint density at radius 2 is 1.91 bits per heavy atom. The monoisotopic (exact) mass is 480 g/mol. The van der Waals surface area contributed by atoms with Crippen LogP contribution in [0.3, 0.4) is 0 Å². The van der Waals surface area contributed by atoms with Crippen LogP contribution < -0.4 is 0 Å². The van der Waals surface area contributed by atoms with E-state index in [1.54, 1.807) is 26.8 Å². The first kappa shape index (κ1) is 24.6. The highest BCUT2D eigenvalue weighted by molar-refractivity contribution is 6.26. The van der Waals surface area contributed by atoms with E-state index in [-0.39, 0.29) is 36.4 Å². The van der Waals surface area contributed by atoms with Crippen molar-refractivity contribution in [2.45, 2.75) is 77.5 Å². The fourth-order valence-corrected chi connectivity index (χ4v) is 7.67. The standard InChI is InChI=1S/C26H34ClFO5/c1-23(2,3)22(32)33-13-20(30)16-7-6-15-17-11-19(28)18-10-14(29)8-9-25(18,5)26(17,27)21(31)12-24(15,16)4/h8-10,15-17,19,21,31H,6-7,11-13H2,1-5H3/t15?,16?,17?,19-,21-,24-,25-,26-/m0/s1. The van der Waals surface area contributed by atoms with Crippen LogP contribution in [0.1, 0.15) is 60.3 Å². The number of aliphatic hydroxyl groups excluding tert-OH is 1. The van der Waals surface area contributed by atoms with Crippen molar-refractivity contribution in [3.63, 3.8) is 0 Å². The van der Waals surface area contributed by atoms with E-state index in [9.17, 15) is 19.5 Å². The molecular formula is C26H34ClFO5. The number of ketones is 2. The molecule has 3 unspecified atom stereocenters. The number of halogens is 2. The maximum atomic E-state index is 15.4. The topological polar surface area (TPSA) is 80.7 Å². The molecule has 0 amide bonds. The van der Waals surface area contributed by atoms with E-state index in [1.807, 2.05) is 13.8 Å². The van der Waals surface area contributed by atoms with Gasteiger partial charge in [0.25, 0.3) is 0 Å². The van der Waals surface area contributed by atoms with Crippen molar-refractivity contribution in [1.29, 1.82) is 0 Å². The van der Waals surface area contributed by atoms with E-state index in [0.29, 0.717) is 24.8 Å². The van der Waals surface area contributed by atoms with Gasteiger partial charge in [-0.05, 0) is 81.4 Å². The molecule has 4 aliphatic carbocycles. The number of carbonyl (C=O) groups excluding carboxylic acids is 3. The molecule has 8 atom stereocenters. The maximum absolute atomic E-state index is 15.4. The van der Waals surface area contributed by atoms with Crippen LogP contribution in [-0.2, 0) is 19.1 Å². The number of rotatable bonds is 3. The minimum atomic E-state index is -1.34. The summed E-state index contributed by atoms with van der Waals surface area (Å²) in [6, 6.07) is 0. The Bertz CT molecular complexity index is 951. The van der Waals surface area contributed by atoms with Crippen LogP contribution in [-0.4, -0.2) is 46.4 Å². The second kappa shape index (κ2) is 7.74. The molecule has 7 heteroatoms. The van der Waals surface area contributed by atoms with Gasteiger partial charge >= 0.3 is 5.97 Å². The molecule has 4 aliphatic rings. The highest BCUT2D eigenvalue weighted by atomic mass is 35.5. The number of aliphatic hydroxyl groups is 1. The molecule has 0 radical (unpaired) electrons. The van der Waals surface area contributed by atoms with Crippen molar-refractivity contribution < 1.29 is 28.6 Å². The predicted molar refractivity (Wildman–Crippen MR) is 122 cm³/mol. The lowest BCUT2D eigenvalue weighted by atomic mass is 9.46. The van der Waals surface area contributed by atoms with Crippen molar-refractivity contribution in [2.24, 2.45) is 34.0 Å².